The molecule has 10 heteroatoms. The molecule has 23 heavy (non-hydrogen) atoms. The van der Waals surface area contributed by atoms with Gasteiger partial charge in [0.15, 0.2) is 5.52 Å². The average Bonchev–Trinajstić information content (AvgIpc) is 3.02. The molecule has 0 saturated carbocycles. The van der Waals surface area contributed by atoms with E-state index in [1.54, 1.807) is 18.7 Å². The molecule has 124 valence electrons. The van der Waals surface area contributed by atoms with Gasteiger partial charge in [0.1, 0.15) is 17.9 Å². The van der Waals surface area contributed by atoms with Crippen molar-refractivity contribution in [1.82, 2.24) is 30.7 Å². The number of unbranched alkanes of at least 4 members (excludes halogenated alkanes) is 1. The number of esters is 1. The Morgan fingerprint density at radius 1 is 1.30 bits per heavy atom. The molecule has 0 fully saturated rings. The normalized spacial score (nSPS) is 10.7. The lowest BCUT2D eigenvalue weighted by Crippen LogP contribution is -2.30. The number of carbonyl (C=O) groups excluding carboxylic acids is 2. The van der Waals surface area contributed by atoms with Gasteiger partial charge in [0, 0.05) is 6.42 Å². The Bertz CT molecular complexity index is 662. The molecule has 2 heterocycles. The van der Waals surface area contributed by atoms with Crippen LogP contribution in [-0.2, 0) is 14.3 Å². The van der Waals surface area contributed by atoms with Crippen molar-refractivity contribution in [2.45, 2.75) is 31.2 Å². The number of rotatable bonds is 9. The summed E-state index contributed by atoms with van der Waals surface area (Å²) in [5.74, 6) is 0.241. The number of carbonyl (C=O) groups is 2. The van der Waals surface area contributed by atoms with E-state index in [9.17, 15) is 9.59 Å². The molecule has 0 bridgehead atoms. The number of ether oxygens (including phenoxy) is 1. The molecule has 2 aromatic heterocycles. The number of H-pyrrole nitrogens is 1. The van der Waals surface area contributed by atoms with E-state index in [1.165, 1.54) is 6.33 Å². The second kappa shape index (κ2) is 9.03. The molecule has 2 N–H and O–H groups in total. The van der Waals surface area contributed by atoms with Gasteiger partial charge in [0.2, 0.25) is 11.6 Å². The van der Waals surface area contributed by atoms with Crippen LogP contribution in [-0.4, -0.2) is 56.2 Å². The van der Waals surface area contributed by atoms with E-state index in [4.69, 9.17) is 4.74 Å². The van der Waals surface area contributed by atoms with Gasteiger partial charge in [-0.1, -0.05) is 0 Å². The summed E-state index contributed by atoms with van der Waals surface area (Å²) in [6.07, 6.45) is 3.41. The Kier molecular flexibility index (Phi) is 6.73. The van der Waals surface area contributed by atoms with Gasteiger partial charge in [0.05, 0.1) is 6.61 Å². The molecule has 9 nitrogen and oxygen atoms in total. The zero-order valence-electron chi connectivity index (χ0n) is 12.7. The Labute approximate surface area is 137 Å². The fourth-order valence-corrected chi connectivity index (χ4v) is 2.73. The molecular weight excluding hydrogens is 320 g/mol. The number of thioether (sulfide) groups is 1. The number of nitrogens with zero attached hydrogens (tertiary/aromatic N) is 4. The molecule has 0 aromatic carbocycles. The first-order chi connectivity index (χ1) is 11.2. The summed E-state index contributed by atoms with van der Waals surface area (Å²) in [6, 6.07) is 0. The van der Waals surface area contributed by atoms with Crippen molar-refractivity contribution in [3.05, 3.63) is 6.33 Å². The second-order valence-electron chi connectivity index (χ2n) is 4.56. The van der Waals surface area contributed by atoms with Gasteiger partial charge in [-0.3, -0.25) is 9.59 Å². The van der Waals surface area contributed by atoms with Gasteiger partial charge in [0.25, 0.3) is 0 Å². The predicted molar refractivity (Wildman–Crippen MR) is 83.7 cm³/mol. The smallest absolute Gasteiger partial charge is 0.325 e. The molecule has 0 aliphatic heterocycles. The number of aromatic nitrogens is 5. The van der Waals surface area contributed by atoms with E-state index >= 15 is 0 Å². The van der Waals surface area contributed by atoms with Crippen molar-refractivity contribution in [3.8, 4) is 0 Å². The summed E-state index contributed by atoms with van der Waals surface area (Å²) in [4.78, 5) is 30.8. The third-order valence-corrected chi connectivity index (χ3v) is 3.92. The summed E-state index contributed by atoms with van der Waals surface area (Å²) < 4.78 is 4.73. The van der Waals surface area contributed by atoms with Gasteiger partial charge in [-0.05, 0) is 25.5 Å². The summed E-state index contributed by atoms with van der Waals surface area (Å²) in [5.41, 5.74) is 1.20. The minimum absolute atomic E-state index is 0.0769. The standard InChI is InChI=1S/C13H18N6O3S/c1-2-22-10(21)7-14-9(20)5-3-4-6-23-13-11-12(15-8-16-13)18-19-17-11/h8H,2-7H2,1H3,(H,14,20)(H,15,16,17,18,19). The maximum atomic E-state index is 11.6. The van der Waals surface area contributed by atoms with E-state index in [2.05, 4.69) is 30.7 Å². The topological polar surface area (TPSA) is 123 Å². The van der Waals surface area contributed by atoms with Crippen LogP contribution < -0.4 is 5.32 Å². The highest BCUT2D eigenvalue weighted by Gasteiger charge is 2.08. The van der Waals surface area contributed by atoms with Crippen LogP contribution >= 0.6 is 11.8 Å². The maximum Gasteiger partial charge on any atom is 0.325 e. The van der Waals surface area contributed by atoms with Crippen molar-refractivity contribution in [3.63, 3.8) is 0 Å². The lowest BCUT2D eigenvalue weighted by atomic mass is 10.2. The molecule has 2 rings (SSSR count). The van der Waals surface area contributed by atoms with Crippen LogP contribution in [0.4, 0.5) is 0 Å². The highest BCUT2D eigenvalue weighted by Crippen LogP contribution is 2.22. The number of nitrogens with one attached hydrogen (secondary N) is 2. The quantitative estimate of drug-likeness (QED) is 0.296. The first kappa shape index (κ1) is 17.1. The first-order valence-corrected chi connectivity index (χ1v) is 8.26. The number of fused-ring (bicyclic) bond motifs is 1. The first-order valence-electron chi connectivity index (χ1n) is 7.27. The zero-order chi connectivity index (χ0) is 16.5. The van der Waals surface area contributed by atoms with Gasteiger partial charge >= 0.3 is 5.97 Å². The van der Waals surface area contributed by atoms with Crippen molar-refractivity contribution in [2.24, 2.45) is 0 Å². The third kappa shape index (κ3) is 5.47. The molecular formula is C13H18N6O3S. The highest BCUT2D eigenvalue weighted by atomic mass is 32.2. The molecule has 0 aliphatic rings. The van der Waals surface area contributed by atoms with Crippen molar-refractivity contribution in [2.75, 3.05) is 18.9 Å². The van der Waals surface area contributed by atoms with Gasteiger partial charge < -0.3 is 10.1 Å². The van der Waals surface area contributed by atoms with Crippen LogP contribution in [0.1, 0.15) is 26.2 Å². The molecule has 0 aliphatic carbocycles. The largest absolute Gasteiger partial charge is 0.465 e. The lowest BCUT2D eigenvalue weighted by Gasteiger charge is -2.05. The van der Waals surface area contributed by atoms with E-state index in [-0.39, 0.29) is 12.5 Å². The Hall–Kier alpha value is -2.23. The summed E-state index contributed by atoms with van der Waals surface area (Å²) in [5, 5.41) is 13.7. The zero-order valence-corrected chi connectivity index (χ0v) is 13.6. The van der Waals surface area contributed by atoms with Gasteiger partial charge in [-0.25, -0.2) is 9.97 Å². The molecule has 1 amide bonds. The number of hydrogen-bond acceptors (Lipinski definition) is 8. The van der Waals surface area contributed by atoms with Crippen molar-refractivity contribution >= 4 is 34.8 Å². The number of aromatic amines is 1. The highest BCUT2D eigenvalue weighted by molar-refractivity contribution is 7.99. The predicted octanol–water partition coefficient (Wildman–Crippen LogP) is 0.690. The Balaban J connectivity index is 1.61. The minimum Gasteiger partial charge on any atom is -0.465 e. The summed E-state index contributed by atoms with van der Waals surface area (Å²) in [7, 11) is 0. The minimum atomic E-state index is -0.420. The molecule has 0 saturated heterocycles. The fourth-order valence-electron chi connectivity index (χ4n) is 1.79. The average molecular weight is 338 g/mol. The van der Waals surface area contributed by atoms with E-state index < -0.39 is 5.97 Å². The number of amides is 1. The Morgan fingerprint density at radius 3 is 3.00 bits per heavy atom. The van der Waals surface area contributed by atoms with Crippen molar-refractivity contribution in [1.29, 1.82) is 0 Å². The lowest BCUT2D eigenvalue weighted by molar-refractivity contribution is -0.143. The summed E-state index contributed by atoms with van der Waals surface area (Å²) in [6.45, 7) is 1.96. The second-order valence-corrected chi connectivity index (χ2v) is 5.65. The monoisotopic (exact) mass is 338 g/mol. The van der Waals surface area contributed by atoms with Gasteiger partial charge in [-0.15, -0.1) is 16.9 Å². The third-order valence-electron chi connectivity index (χ3n) is 2.86. The van der Waals surface area contributed by atoms with Crippen LogP contribution in [0.2, 0.25) is 0 Å². The van der Waals surface area contributed by atoms with E-state index in [0.29, 0.717) is 24.2 Å². The van der Waals surface area contributed by atoms with Crippen molar-refractivity contribution < 1.29 is 14.3 Å². The molecule has 0 atom stereocenters. The van der Waals surface area contributed by atoms with E-state index in [0.717, 1.165) is 23.6 Å². The molecule has 2 aromatic rings. The summed E-state index contributed by atoms with van der Waals surface area (Å²) >= 11 is 1.55. The van der Waals surface area contributed by atoms with E-state index in [1.807, 2.05) is 0 Å². The SMILES string of the molecule is CCOC(=O)CNC(=O)CCCCSc1ncnc2n[nH]nc12. The van der Waals surface area contributed by atoms with Crippen LogP contribution in [0.3, 0.4) is 0 Å². The molecule has 0 unspecified atom stereocenters. The molecule has 0 spiro atoms. The fraction of sp³-hybridized carbons (Fsp3) is 0.538. The van der Waals surface area contributed by atoms with Crippen LogP contribution in [0.15, 0.2) is 11.4 Å². The van der Waals surface area contributed by atoms with Crippen LogP contribution in [0, 0.1) is 0 Å². The number of hydrogen-bond donors (Lipinski definition) is 2. The Morgan fingerprint density at radius 2 is 2.17 bits per heavy atom. The van der Waals surface area contributed by atoms with Crippen LogP contribution in [0.25, 0.3) is 11.2 Å². The van der Waals surface area contributed by atoms with Crippen LogP contribution in [0.5, 0.6) is 0 Å². The molecule has 0 radical (unpaired) electrons. The maximum absolute atomic E-state index is 11.6. The van der Waals surface area contributed by atoms with Gasteiger partial charge in [-0.2, -0.15) is 10.3 Å².